The maximum atomic E-state index is 13.6. The highest BCUT2D eigenvalue weighted by Gasteiger charge is 2.30. The lowest BCUT2D eigenvalue weighted by Crippen LogP contribution is -2.43. The summed E-state index contributed by atoms with van der Waals surface area (Å²) in [6, 6.07) is 10.9. The highest BCUT2D eigenvalue weighted by atomic mass is 19.4. The number of fused-ring (bicyclic) bond motifs is 1. The van der Waals surface area contributed by atoms with Crippen molar-refractivity contribution in [2.75, 3.05) is 50.5 Å². The minimum Gasteiger partial charge on any atom is -0.494 e. The van der Waals surface area contributed by atoms with Gasteiger partial charge in [0.05, 0.1) is 66.6 Å². The van der Waals surface area contributed by atoms with E-state index in [2.05, 4.69) is 38.4 Å². The van der Waals surface area contributed by atoms with Gasteiger partial charge in [-0.15, -0.1) is 0 Å². The Kier molecular flexibility index (Phi) is 12.5. The molecule has 45 heavy (non-hydrogen) atoms. The van der Waals surface area contributed by atoms with E-state index in [1.165, 1.54) is 11.7 Å². The van der Waals surface area contributed by atoms with Crippen LogP contribution >= 0.6 is 0 Å². The molecule has 1 aliphatic rings. The lowest BCUT2D eigenvalue weighted by Gasteiger charge is -2.33. The lowest BCUT2D eigenvalue weighted by atomic mass is 9.90. The van der Waals surface area contributed by atoms with Crippen molar-refractivity contribution in [1.29, 1.82) is 5.26 Å². The molecule has 4 N–H and O–H groups in total. The molecule has 0 saturated carbocycles. The van der Waals surface area contributed by atoms with Crippen LogP contribution in [0, 0.1) is 23.2 Å². The SMILES string of the molecule is CC.COc1cc(C(C)(C)C#N)ncc1NCC#Cc1cc2c(NC3CCN(CC(O)CO)CC3)cccc2n1CC(F)(F)F. The number of aliphatic hydroxyl groups excluding tert-OH is 2. The minimum atomic E-state index is -4.44. The molecule has 1 aliphatic heterocycles. The Morgan fingerprint density at radius 2 is 1.87 bits per heavy atom. The third-order valence-electron chi connectivity index (χ3n) is 7.50. The number of nitrogens with zero attached hydrogens (tertiary/aromatic N) is 4. The highest BCUT2D eigenvalue weighted by Crippen LogP contribution is 2.32. The molecule has 0 radical (unpaired) electrons. The number of pyridine rings is 1. The van der Waals surface area contributed by atoms with Gasteiger partial charge in [-0.05, 0) is 50.8 Å². The molecule has 12 heteroatoms. The Morgan fingerprint density at radius 3 is 2.49 bits per heavy atom. The van der Waals surface area contributed by atoms with Crippen LogP contribution in [0.4, 0.5) is 24.5 Å². The summed E-state index contributed by atoms with van der Waals surface area (Å²) in [7, 11) is 1.50. The Bertz CT molecular complexity index is 1510. The number of aromatic nitrogens is 2. The van der Waals surface area contributed by atoms with Gasteiger partial charge >= 0.3 is 6.18 Å². The molecule has 1 aromatic carbocycles. The molecule has 244 valence electrons. The average Bonchev–Trinajstić information content (AvgIpc) is 3.37. The molecule has 0 amide bonds. The molecule has 9 nitrogen and oxygen atoms in total. The zero-order valence-corrected chi connectivity index (χ0v) is 26.5. The number of piperidine rings is 1. The number of benzene rings is 1. The van der Waals surface area contributed by atoms with Crippen molar-refractivity contribution < 1.29 is 28.1 Å². The molecule has 1 fully saturated rings. The van der Waals surface area contributed by atoms with E-state index in [-0.39, 0.29) is 24.9 Å². The number of anilines is 2. The third-order valence-corrected chi connectivity index (χ3v) is 7.50. The first-order chi connectivity index (χ1) is 21.4. The van der Waals surface area contributed by atoms with Crippen LogP contribution in [-0.2, 0) is 12.0 Å². The van der Waals surface area contributed by atoms with Crippen LogP contribution in [0.1, 0.15) is 51.9 Å². The van der Waals surface area contributed by atoms with Gasteiger partial charge < -0.3 is 35.1 Å². The number of hydrogen-bond donors (Lipinski definition) is 4. The fourth-order valence-electron chi connectivity index (χ4n) is 5.11. The number of nitrogens with one attached hydrogen (secondary N) is 2. The monoisotopic (exact) mass is 628 g/mol. The van der Waals surface area contributed by atoms with Crippen molar-refractivity contribution in [3.05, 3.63) is 47.9 Å². The second kappa shape index (κ2) is 15.8. The van der Waals surface area contributed by atoms with Crippen LogP contribution in [0.5, 0.6) is 5.75 Å². The third kappa shape index (κ3) is 9.51. The van der Waals surface area contributed by atoms with Crippen molar-refractivity contribution in [2.45, 2.75) is 70.8 Å². The molecule has 1 unspecified atom stereocenters. The van der Waals surface area contributed by atoms with Crippen molar-refractivity contribution >= 4 is 22.3 Å². The second-order valence-corrected chi connectivity index (χ2v) is 11.2. The summed E-state index contributed by atoms with van der Waals surface area (Å²) in [5.41, 5.74) is 1.72. The summed E-state index contributed by atoms with van der Waals surface area (Å²) in [5.74, 6) is 6.31. The standard InChI is InChI=1S/C31H37F3N6O3.C2H6/c1-30(2,19-35)29-15-28(43-3)26(16-37-29)36-11-5-6-22-14-24-25(7-4-8-27(24)40(22)20-31(32,33)34)38-21-9-12-39(13-10-21)17-23(42)18-41;1-2/h4,7-8,14-16,21,23,36,38,41-42H,9-13,17-18,20H2,1-3H3;1-2H3. The number of likely N-dealkylation sites (tertiary alicyclic amines) is 1. The molecule has 0 aliphatic carbocycles. The number of halogens is 3. The number of aliphatic hydroxyl groups is 2. The maximum Gasteiger partial charge on any atom is 0.406 e. The summed E-state index contributed by atoms with van der Waals surface area (Å²) in [4.78, 5) is 6.45. The van der Waals surface area contributed by atoms with Crippen LogP contribution in [0.25, 0.3) is 10.9 Å². The maximum absolute atomic E-state index is 13.6. The Hall–Kier alpha value is -3.97. The molecule has 1 atom stereocenters. The van der Waals surface area contributed by atoms with E-state index in [0.29, 0.717) is 34.6 Å². The summed E-state index contributed by atoms with van der Waals surface area (Å²) in [6.45, 7) is 8.07. The number of nitriles is 1. The molecule has 4 rings (SSSR count). The predicted molar refractivity (Wildman–Crippen MR) is 170 cm³/mol. The zero-order valence-electron chi connectivity index (χ0n) is 26.5. The van der Waals surface area contributed by atoms with E-state index in [1.807, 2.05) is 19.9 Å². The summed E-state index contributed by atoms with van der Waals surface area (Å²) >= 11 is 0. The van der Waals surface area contributed by atoms with Gasteiger partial charge in [0, 0.05) is 42.8 Å². The molecule has 2 aromatic heterocycles. The zero-order chi connectivity index (χ0) is 33.2. The summed E-state index contributed by atoms with van der Waals surface area (Å²) in [5, 5.41) is 35.5. The number of methoxy groups -OCH3 is 1. The lowest BCUT2D eigenvalue weighted by molar-refractivity contribution is -0.140. The van der Waals surface area contributed by atoms with Crippen LogP contribution in [0.3, 0.4) is 0 Å². The van der Waals surface area contributed by atoms with Crippen molar-refractivity contribution in [3.8, 4) is 23.7 Å². The van der Waals surface area contributed by atoms with Gasteiger partial charge in [0.25, 0.3) is 0 Å². The fourth-order valence-corrected chi connectivity index (χ4v) is 5.11. The van der Waals surface area contributed by atoms with E-state index < -0.39 is 24.2 Å². The molecular weight excluding hydrogens is 585 g/mol. The molecule has 3 heterocycles. The Balaban J connectivity index is 0.00000271. The topological polar surface area (TPSA) is 119 Å². The largest absolute Gasteiger partial charge is 0.494 e. The number of β-amino-alcohol motifs (C(OH)–C–C–N with tert-alkyl or cyclic N) is 1. The van der Waals surface area contributed by atoms with Gasteiger partial charge in [0.2, 0.25) is 0 Å². The fraction of sp³-hybridized carbons (Fsp3) is 0.515. The normalized spacial score (nSPS) is 14.9. The minimum absolute atomic E-state index is 0.117. The quantitative estimate of drug-likeness (QED) is 0.229. The van der Waals surface area contributed by atoms with Crippen molar-refractivity contribution in [1.82, 2.24) is 14.5 Å². The van der Waals surface area contributed by atoms with Crippen LogP contribution in [0.15, 0.2) is 36.5 Å². The molecule has 3 aromatic rings. The van der Waals surface area contributed by atoms with Gasteiger partial charge in [-0.25, -0.2) is 0 Å². The van der Waals surface area contributed by atoms with Gasteiger partial charge in [0.15, 0.2) is 0 Å². The van der Waals surface area contributed by atoms with E-state index in [0.717, 1.165) is 31.6 Å². The number of rotatable bonds is 10. The first-order valence-corrected chi connectivity index (χ1v) is 15.1. The van der Waals surface area contributed by atoms with E-state index in [9.17, 15) is 23.5 Å². The number of alkyl halides is 3. The van der Waals surface area contributed by atoms with Crippen LogP contribution < -0.4 is 15.4 Å². The van der Waals surface area contributed by atoms with Gasteiger partial charge in [0.1, 0.15) is 12.3 Å². The first-order valence-electron chi connectivity index (χ1n) is 15.1. The predicted octanol–water partition coefficient (Wildman–Crippen LogP) is 5.13. The molecule has 0 bridgehead atoms. The molecular formula is C33H43F3N6O3. The van der Waals surface area contributed by atoms with E-state index in [4.69, 9.17) is 9.84 Å². The molecule has 1 saturated heterocycles. The number of hydrogen-bond acceptors (Lipinski definition) is 8. The van der Waals surface area contributed by atoms with Gasteiger partial charge in [-0.1, -0.05) is 25.8 Å². The second-order valence-electron chi connectivity index (χ2n) is 11.2. The van der Waals surface area contributed by atoms with Crippen molar-refractivity contribution in [3.63, 3.8) is 0 Å². The highest BCUT2D eigenvalue weighted by molar-refractivity contribution is 5.94. The Labute approximate surface area is 263 Å². The Morgan fingerprint density at radius 1 is 1.16 bits per heavy atom. The van der Waals surface area contributed by atoms with Crippen molar-refractivity contribution in [2.24, 2.45) is 0 Å². The van der Waals surface area contributed by atoms with E-state index in [1.54, 1.807) is 44.3 Å². The number of ether oxygens (including phenoxy) is 1. The average molecular weight is 629 g/mol. The molecule has 0 spiro atoms. The van der Waals surface area contributed by atoms with Crippen LogP contribution in [-0.4, -0.2) is 82.9 Å². The van der Waals surface area contributed by atoms with E-state index >= 15 is 0 Å². The van der Waals surface area contributed by atoms with Gasteiger partial charge in [-0.2, -0.15) is 18.4 Å². The first kappa shape index (κ1) is 35.5. The summed E-state index contributed by atoms with van der Waals surface area (Å²) in [6.07, 6.45) is -2.07. The van der Waals surface area contributed by atoms with Crippen LogP contribution in [0.2, 0.25) is 0 Å². The van der Waals surface area contributed by atoms with Gasteiger partial charge in [-0.3, -0.25) is 4.98 Å². The summed E-state index contributed by atoms with van der Waals surface area (Å²) < 4.78 is 47.5. The smallest absolute Gasteiger partial charge is 0.406 e.